The van der Waals surface area contributed by atoms with Crippen LogP contribution in [0.1, 0.15) is 110 Å². The third kappa shape index (κ3) is 18.2. The standard InChI is InChI=1S/C35H69O17P/c1-3-5-6-7-8-9-10-11-12-13-14-15-16-17-18-46-24(4-2)23-49-53(44,45)52-25(21-47-34-32(42)30(40)28(38)26(19-36)50-34)22-48-35-33(43)31(41)29(39)27(20-37)51-35/h24-43H,3-23H2,1-2H3,(H,44,45)/t24-,25?,26?,27?,28-,29-,30+,31?,32?,33-,34+,35+/m1/s1. The zero-order valence-electron chi connectivity index (χ0n) is 31.5. The summed E-state index contributed by atoms with van der Waals surface area (Å²) in [5.41, 5.74) is 0. The normalized spacial score (nSPS) is 31.7. The molecule has 0 aromatic carbocycles. The highest BCUT2D eigenvalue weighted by molar-refractivity contribution is 7.47. The summed E-state index contributed by atoms with van der Waals surface area (Å²) in [6.07, 6.45) is -0.387. The van der Waals surface area contributed by atoms with E-state index in [9.17, 15) is 50.3 Å². The molecule has 13 atom stereocenters. The Morgan fingerprint density at radius 1 is 0.566 bits per heavy atom. The van der Waals surface area contributed by atoms with Gasteiger partial charge in [0.05, 0.1) is 39.1 Å². The molecule has 2 saturated heterocycles. The molecule has 2 heterocycles. The summed E-state index contributed by atoms with van der Waals surface area (Å²) in [4.78, 5) is 10.6. The molecular weight excluding hydrogens is 723 g/mol. The van der Waals surface area contributed by atoms with Gasteiger partial charge in [0.25, 0.3) is 0 Å². The van der Waals surface area contributed by atoms with Gasteiger partial charge in [0.1, 0.15) is 54.9 Å². The van der Waals surface area contributed by atoms with Crippen molar-refractivity contribution in [2.45, 2.75) is 184 Å². The quantitative estimate of drug-likeness (QED) is 0.0368. The van der Waals surface area contributed by atoms with Gasteiger partial charge in [-0.15, -0.1) is 0 Å². The van der Waals surface area contributed by atoms with Crippen LogP contribution in [-0.4, -0.2) is 159 Å². The molecule has 18 heteroatoms. The summed E-state index contributed by atoms with van der Waals surface area (Å²) in [5, 5.41) is 79.9. The molecule has 0 aromatic heterocycles. The van der Waals surface area contributed by atoms with E-state index in [0.717, 1.165) is 19.3 Å². The van der Waals surface area contributed by atoms with Crippen molar-refractivity contribution < 1.29 is 83.0 Å². The Balaban J connectivity index is 1.82. The molecule has 2 aliphatic heterocycles. The molecule has 0 saturated carbocycles. The molecule has 2 fully saturated rings. The van der Waals surface area contributed by atoms with Crippen molar-refractivity contribution in [2.75, 3.05) is 39.6 Å². The molecule has 9 N–H and O–H groups in total. The van der Waals surface area contributed by atoms with Gasteiger partial charge in [0.2, 0.25) is 0 Å². The van der Waals surface area contributed by atoms with E-state index in [1.807, 2.05) is 6.92 Å². The van der Waals surface area contributed by atoms with Crippen molar-refractivity contribution in [3.8, 4) is 0 Å². The number of rotatable bonds is 30. The predicted octanol–water partition coefficient (Wildman–Crippen LogP) is 1.40. The van der Waals surface area contributed by atoms with Gasteiger partial charge in [-0.1, -0.05) is 97.3 Å². The van der Waals surface area contributed by atoms with Crippen LogP contribution in [0.5, 0.6) is 0 Å². The van der Waals surface area contributed by atoms with E-state index >= 15 is 0 Å². The summed E-state index contributed by atoms with van der Waals surface area (Å²) < 4.78 is 51.0. The summed E-state index contributed by atoms with van der Waals surface area (Å²) >= 11 is 0. The number of phosphoric acid groups is 1. The maximum absolute atomic E-state index is 13.0. The van der Waals surface area contributed by atoms with Crippen LogP contribution in [-0.2, 0) is 37.3 Å². The number of aliphatic hydroxyl groups is 8. The first-order valence-electron chi connectivity index (χ1n) is 19.5. The molecule has 2 aliphatic rings. The molecule has 0 aliphatic carbocycles. The first-order valence-corrected chi connectivity index (χ1v) is 21.0. The van der Waals surface area contributed by atoms with Gasteiger partial charge in [-0.2, -0.15) is 0 Å². The fraction of sp³-hybridized carbons (Fsp3) is 1.00. The maximum atomic E-state index is 13.0. The SMILES string of the molecule is CCCCCCCCCCCCCCCCO[C@H](CC)COP(=O)(O)OC(CO[C@H]1OC(CO)[C@@H](O)[C@H](O)C1O)CO[C@H]1OC(CO)[C@@H](O)C(O)[C@H]1O. The largest absolute Gasteiger partial charge is 0.472 e. The van der Waals surface area contributed by atoms with Gasteiger partial charge < -0.3 is 69.4 Å². The molecule has 2 rings (SSSR count). The molecular formula is C35H69O17P. The first-order chi connectivity index (χ1) is 25.4. The van der Waals surface area contributed by atoms with Crippen LogP contribution in [0.4, 0.5) is 0 Å². The molecule has 0 radical (unpaired) electrons. The Labute approximate surface area is 314 Å². The smallest absolute Gasteiger partial charge is 0.394 e. The van der Waals surface area contributed by atoms with Crippen molar-refractivity contribution in [2.24, 2.45) is 0 Å². The van der Waals surface area contributed by atoms with Crippen LogP contribution in [0.3, 0.4) is 0 Å². The van der Waals surface area contributed by atoms with Crippen molar-refractivity contribution in [3.63, 3.8) is 0 Å². The minimum Gasteiger partial charge on any atom is -0.394 e. The van der Waals surface area contributed by atoms with Crippen LogP contribution in [0.25, 0.3) is 0 Å². The van der Waals surface area contributed by atoms with E-state index in [0.29, 0.717) is 13.0 Å². The van der Waals surface area contributed by atoms with Gasteiger partial charge in [-0.05, 0) is 12.8 Å². The summed E-state index contributed by atoms with van der Waals surface area (Å²) in [7, 11) is -4.85. The molecule has 0 amide bonds. The predicted molar refractivity (Wildman–Crippen MR) is 190 cm³/mol. The van der Waals surface area contributed by atoms with E-state index in [-0.39, 0.29) is 6.61 Å². The summed E-state index contributed by atoms with van der Waals surface area (Å²) in [5.74, 6) is 0. The molecule has 316 valence electrons. The van der Waals surface area contributed by atoms with E-state index in [1.165, 1.54) is 70.6 Å². The van der Waals surface area contributed by atoms with E-state index in [4.69, 9.17) is 32.7 Å². The summed E-state index contributed by atoms with van der Waals surface area (Å²) in [6, 6.07) is 0. The van der Waals surface area contributed by atoms with Crippen molar-refractivity contribution in [1.82, 2.24) is 0 Å². The molecule has 6 unspecified atom stereocenters. The van der Waals surface area contributed by atoms with Gasteiger partial charge in [-0.3, -0.25) is 9.05 Å². The highest BCUT2D eigenvalue weighted by atomic mass is 31.2. The molecule has 0 bridgehead atoms. The topological polar surface area (TPSA) is 264 Å². The van der Waals surface area contributed by atoms with Gasteiger partial charge in [-0.25, -0.2) is 4.57 Å². The van der Waals surface area contributed by atoms with E-state index in [2.05, 4.69) is 6.92 Å². The zero-order chi connectivity index (χ0) is 39.2. The minimum absolute atomic E-state index is 0.281. The van der Waals surface area contributed by atoms with Crippen molar-refractivity contribution in [1.29, 1.82) is 0 Å². The van der Waals surface area contributed by atoms with Gasteiger partial charge in [0.15, 0.2) is 12.6 Å². The second-order valence-electron chi connectivity index (χ2n) is 14.1. The highest BCUT2D eigenvalue weighted by Crippen LogP contribution is 2.45. The van der Waals surface area contributed by atoms with Crippen LogP contribution >= 0.6 is 7.82 Å². The average molecular weight is 793 g/mol. The Hall–Kier alpha value is -0.410. The lowest BCUT2D eigenvalue weighted by Crippen LogP contribution is -2.60. The molecule has 17 nitrogen and oxygen atoms in total. The maximum Gasteiger partial charge on any atom is 0.472 e. The number of ether oxygens (including phenoxy) is 5. The Bertz CT molecular complexity index is 924. The molecule has 53 heavy (non-hydrogen) atoms. The van der Waals surface area contributed by atoms with E-state index < -0.39 is 108 Å². The minimum atomic E-state index is -4.85. The van der Waals surface area contributed by atoms with Crippen LogP contribution in [0.15, 0.2) is 0 Å². The van der Waals surface area contributed by atoms with Crippen LogP contribution in [0, 0.1) is 0 Å². The lowest BCUT2D eigenvalue weighted by molar-refractivity contribution is -0.314. The fourth-order valence-corrected chi connectivity index (χ4v) is 7.06. The lowest BCUT2D eigenvalue weighted by atomic mass is 9.99. The molecule has 0 aromatic rings. The third-order valence-corrected chi connectivity index (χ3v) is 10.6. The number of hydrogen-bond acceptors (Lipinski definition) is 16. The number of phosphoric ester groups is 1. The Morgan fingerprint density at radius 3 is 1.38 bits per heavy atom. The van der Waals surface area contributed by atoms with Crippen molar-refractivity contribution >= 4 is 7.82 Å². The Morgan fingerprint density at radius 2 is 0.981 bits per heavy atom. The monoisotopic (exact) mass is 792 g/mol. The number of aliphatic hydroxyl groups excluding tert-OH is 8. The fourth-order valence-electron chi connectivity index (χ4n) is 6.15. The van der Waals surface area contributed by atoms with Crippen molar-refractivity contribution in [3.05, 3.63) is 0 Å². The number of unbranched alkanes of at least 4 members (excludes halogenated alkanes) is 13. The number of hydrogen-bond donors (Lipinski definition) is 9. The lowest BCUT2D eigenvalue weighted by Gasteiger charge is -2.40. The van der Waals surface area contributed by atoms with Gasteiger partial charge in [0, 0.05) is 6.61 Å². The highest BCUT2D eigenvalue weighted by Gasteiger charge is 2.46. The van der Waals surface area contributed by atoms with Gasteiger partial charge >= 0.3 is 7.82 Å². The first kappa shape index (κ1) is 48.7. The van der Waals surface area contributed by atoms with Crippen LogP contribution < -0.4 is 0 Å². The second-order valence-corrected chi connectivity index (χ2v) is 15.5. The van der Waals surface area contributed by atoms with Crippen LogP contribution in [0.2, 0.25) is 0 Å². The second kappa shape index (κ2) is 27.3. The molecule has 0 spiro atoms. The zero-order valence-corrected chi connectivity index (χ0v) is 32.4. The Kier molecular flexibility index (Phi) is 25.1. The van der Waals surface area contributed by atoms with E-state index in [1.54, 1.807) is 0 Å². The third-order valence-electron chi connectivity index (χ3n) is 9.60. The summed E-state index contributed by atoms with van der Waals surface area (Å²) in [6.45, 7) is 1.51. The average Bonchev–Trinajstić information content (AvgIpc) is 3.14.